The van der Waals surface area contributed by atoms with Gasteiger partial charge >= 0.3 is 0 Å². The van der Waals surface area contributed by atoms with Crippen LogP contribution in [0, 0.1) is 5.82 Å². The molecule has 0 heterocycles. The van der Waals surface area contributed by atoms with Gasteiger partial charge in [-0.25, -0.2) is 4.39 Å². The van der Waals surface area contributed by atoms with E-state index in [-0.39, 0.29) is 11.9 Å². The zero-order chi connectivity index (χ0) is 13.5. The van der Waals surface area contributed by atoms with E-state index in [9.17, 15) is 4.39 Å². The van der Waals surface area contributed by atoms with Crippen molar-refractivity contribution < 1.29 is 9.13 Å². The number of halogens is 1. The number of nitrogens with zero attached hydrogens (tertiary/aromatic N) is 1. The molecule has 18 heavy (non-hydrogen) atoms. The Bertz CT molecular complexity index is 369. The van der Waals surface area contributed by atoms with Gasteiger partial charge in [-0.05, 0) is 31.4 Å². The summed E-state index contributed by atoms with van der Waals surface area (Å²) in [6.07, 6.45) is 1.56. The third-order valence-electron chi connectivity index (χ3n) is 2.84. The van der Waals surface area contributed by atoms with Gasteiger partial charge in [0.05, 0.1) is 5.69 Å². The number of rotatable bonds is 7. The maximum Gasteiger partial charge on any atom is 0.146 e. The Hall–Kier alpha value is -1.13. The van der Waals surface area contributed by atoms with Gasteiger partial charge in [0.1, 0.15) is 5.82 Å². The van der Waals surface area contributed by atoms with E-state index in [1.54, 1.807) is 13.2 Å². The first-order valence-corrected chi connectivity index (χ1v) is 6.29. The van der Waals surface area contributed by atoms with Crippen LogP contribution in [-0.4, -0.2) is 33.4 Å². The van der Waals surface area contributed by atoms with Crippen LogP contribution in [0.15, 0.2) is 18.2 Å². The molecule has 1 aromatic rings. The number of benzene rings is 1. The largest absolute Gasteiger partial charge is 0.385 e. The molecule has 0 saturated carbocycles. The van der Waals surface area contributed by atoms with E-state index in [2.05, 4.69) is 0 Å². The first kappa shape index (κ1) is 14.9. The van der Waals surface area contributed by atoms with Gasteiger partial charge in [-0.15, -0.1) is 0 Å². The Morgan fingerprint density at radius 1 is 1.44 bits per heavy atom. The van der Waals surface area contributed by atoms with Gasteiger partial charge in [0.15, 0.2) is 0 Å². The number of methoxy groups -OCH3 is 1. The van der Waals surface area contributed by atoms with Crippen LogP contribution in [0.5, 0.6) is 0 Å². The van der Waals surface area contributed by atoms with Gasteiger partial charge in [0.2, 0.25) is 0 Å². The third-order valence-corrected chi connectivity index (χ3v) is 2.84. The Morgan fingerprint density at radius 3 is 2.78 bits per heavy atom. The molecule has 0 spiro atoms. The monoisotopic (exact) mass is 254 g/mol. The smallest absolute Gasteiger partial charge is 0.146 e. The van der Waals surface area contributed by atoms with Crippen LogP contribution < -0.4 is 10.6 Å². The lowest BCUT2D eigenvalue weighted by molar-refractivity contribution is 0.196. The first-order chi connectivity index (χ1) is 8.56. The predicted molar refractivity (Wildman–Crippen MR) is 73.5 cm³/mol. The maximum absolute atomic E-state index is 13.9. The summed E-state index contributed by atoms with van der Waals surface area (Å²) in [6, 6.07) is 5.19. The van der Waals surface area contributed by atoms with Gasteiger partial charge < -0.3 is 15.4 Å². The highest BCUT2D eigenvalue weighted by atomic mass is 19.1. The number of hydrogen-bond donors (Lipinski definition) is 1. The van der Waals surface area contributed by atoms with Gasteiger partial charge in [-0.1, -0.05) is 12.1 Å². The fourth-order valence-corrected chi connectivity index (χ4v) is 2.06. The first-order valence-electron chi connectivity index (χ1n) is 6.29. The molecule has 0 aliphatic rings. The molecule has 1 rings (SSSR count). The second-order valence-electron chi connectivity index (χ2n) is 4.70. The van der Waals surface area contributed by atoms with Gasteiger partial charge in [0.25, 0.3) is 0 Å². The highest BCUT2D eigenvalue weighted by Gasteiger charge is 2.13. The molecular weight excluding hydrogens is 231 g/mol. The molecule has 0 amide bonds. The molecule has 3 nitrogen and oxygen atoms in total. The number of anilines is 1. The Balaban J connectivity index is 2.83. The zero-order valence-electron chi connectivity index (χ0n) is 11.4. The summed E-state index contributed by atoms with van der Waals surface area (Å²) in [6.45, 7) is 3.38. The zero-order valence-corrected chi connectivity index (χ0v) is 11.4. The molecule has 1 unspecified atom stereocenters. The van der Waals surface area contributed by atoms with E-state index in [1.807, 2.05) is 24.9 Å². The normalized spacial score (nSPS) is 12.5. The number of hydrogen-bond acceptors (Lipinski definition) is 3. The van der Waals surface area contributed by atoms with Crippen molar-refractivity contribution in [3.63, 3.8) is 0 Å². The van der Waals surface area contributed by atoms with Crippen LogP contribution in [0.25, 0.3) is 0 Å². The Morgan fingerprint density at radius 2 is 2.17 bits per heavy atom. The topological polar surface area (TPSA) is 38.5 Å². The molecule has 102 valence electrons. The van der Waals surface area contributed by atoms with Gasteiger partial charge in [-0.3, -0.25) is 0 Å². The maximum atomic E-state index is 13.9. The summed E-state index contributed by atoms with van der Waals surface area (Å²) in [4.78, 5) is 1.94. The lowest BCUT2D eigenvalue weighted by atomic mass is 10.0. The van der Waals surface area contributed by atoms with E-state index >= 15 is 0 Å². The summed E-state index contributed by atoms with van der Waals surface area (Å²) >= 11 is 0. The van der Waals surface area contributed by atoms with Crippen LogP contribution in [0.2, 0.25) is 0 Å². The number of ether oxygens (including phenoxy) is 1. The molecular formula is C14H23FN2O. The van der Waals surface area contributed by atoms with Gasteiger partial charge in [-0.2, -0.15) is 0 Å². The minimum absolute atomic E-state index is 0.0259. The van der Waals surface area contributed by atoms with Crippen LogP contribution in [0.4, 0.5) is 10.1 Å². The van der Waals surface area contributed by atoms with Crippen molar-refractivity contribution >= 4 is 5.69 Å². The molecule has 0 aliphatic carbocycles. The molecule has 1 aromatic carbocycles. The average Bonchev–Trinajstić information content (AvgIpc) is 2.28. The van der Waals surface area contributed by atoms with E-state index in [4.69, 9.17) is 10.5 Å². The van der Waals surface area contributed by atoms with E-state index in [0.717, 1.165) is 18.5 Å². The summed E-state index contributed by atoms with van der Waals surface area (Å²) in [5, 5.41) is 0. The second-order valence-corrected chi connectivity index (χ2v) is 4.70. The third kappa shape index (κ3) is 4.27. The van der Waals surface area contributed by atoms with E-state index in [0.29, 0.717) is 18.7 Å². The Kier molecular flexibility index (Phi) is 6.09. The highest BCUT2D eigenvalue weighted by molar-refractivity contribution is 5.54. The Labute approximate surface area is 109 Å². The quantitative estimate of drug-likeness (QED) is 0.758. The van der Waals surface area contributed by atoms with Crippen LogP contribution in [-0.2, 0) is 11.2 Å². The predicted octanol–water partition coefficient (Wildman–Crippen LogP) is 2.19. The van der Waals surface area contributed by atoms with Crippen LogP contribution in [0.1, 0.15) is 18.9 Å². The van der Waals surface area contributed by atoms with Gasteiger partial charge in [0, 0.05) is 33.4 Å². The van der Waals surface area contributed by atoms with E-state index in [1.165, 1.54) is 6.07 Å². The fourth-order valence-electron chi connectivity index (χ4n) is 2.06. The number of nitrogens with two attached hydrogens (primary N) is 1. The van der Waals surface area contributed by atoms with Crippen molar-refractivity contribution in [2.45, 2.75) is 25.8 Å². The van der Waals surface area contributed by atoms with Crippen molar-refractivity contribution in [1.29, 1.82) is 0 Å². The van der Waals surface area contributed by atoms with Crippen molar-refractivity contribution in [2.75, 3.05) is 32.2 Å². The molecule has 0 saturated heterocycles. The lowest BCUT2D eigenvalue weighted by Crippen LogP contribution is -2.25. The standard InChI is InChI=1S/C14H23FN2O/c1-11(16)10-12-6-4-7-13(15)14(12)17(2)8-5-9-18-3/h4,6-7,11H,5,8-10,16H2,1-3H3. The molecule has 0 fully saturated rings. The average molecular weight is 254 g/mol. The summed E-state index contributed by atoms with van der Waals surface area (Å²) in [5.74, 6) is -0.187. The molecule has 2 N–H and O–H groups in total. The molecule has 0 radical (unpaired) electrons. The van der Waals surface area contributed by atoms with E-state index < -0.39 is 0 Å². The number of para-hydroxylation sites is 1. The van der Waals surface area contributed by atoms with Crippen LogP contribution >= 0.6 is 0 Å². The summed E-state index contributed by atoms with van der Waals surface area (Å²) < 4.78 is 19.0. The molecule has 0 bridgehead atoms. The van der Waals surface area contributed by atoms with Crippen molar-refractivity contribution in [1.82, 2.24) is 0 Å². The molecule has 1 atom stereocenters. The molecule has 4 heteroatoms. The fraction of sp³-hybridized carbons (Fsp3) is 0.571. The minimum atomic E-state index is -0.187. The highest BCUT2D eigenvalue weighted by Crippen LogP contribution is 2.24. The molecule has 0 aliphatic heterocycles. The molecule has 0 aromatic heterocycles. The van der Waals surface area contributed by atoms with Crippen molar-refractivity contribution in [2.24, 2.45) is 5.73 Å². The summed E-state index contributed by atoms with van der Waals surface area (Å²) in [5.41, 5.74) is 7.43. The van der Waals surface area contributed by atoms with Crippen LogP contribution in [0.3, 0.4) is 0 Å². The minimum Gasteiger partial charge on any atom is -0.385 e. The second kappa shape index (κ2) is 7.34. The lowest BCUT2D eigenvalue weighted by Gasteiger charge is -2.23. The van der Waals surface area contributed by atoms with Crippen molar-refractivity contribution in [3.8, 4) is 0 Å². The summed E-state index contributed by atoms with van der Waals surface area (Å²) in [7, 11) is 3.57. The van der Waals surface area contributed by atoms with Crippen molar-refractivity contribution in [3.05, 3.63) is 29.6 Å². The SMILES string of the molecule is COCCCN(C)c1c(F)cccc1CC(C)N.